The van der Waals surface area contributed by atoms with E-state index in [0.717, 1.165) is 24.6 Å². The Kier molecular flexibility index (Phi) is 6.43. The molecule has 188 valence electrons. The number of ether oxygens (including phenoxy) is 2. The molecule has 0 unspecified atom stereocenters. The second-order valence-electron chi connectivity index (χ2n) is 7.72. The smallest absolute Gasteiger partial charge is 0.431 e. The molecule has 0 spiro atoms. The number of benzene rings is 2. The first kappa shape index (κ1) is 25.1. The van der Waals surface area contributed by atoms with Crippen molar-refractivity contribution in [1.29, 1.82) is 0 Å². The number of rotatable bonds is 5. The molecule has 0 fully saturated rings. The SMILES string of the molecule is COC(=O)COc1ccc(-c2nsc3cc(F)c(-n4c(=O)cc(C(F)(F)F)n(C)c4=O)cc23)c(C)c1. The van der Waals surface area contributed by atoms with Gasteiger partial charge >= 0.3 is 17.8 Å². The van der Waals surface area contributed by atoms with Gasteiger partial charge in [-0.25, -0.2) is 18.5 Å². The lowest BCUT2D eigenvalue weighted by molar-refractivity contribution is -0.144. The summed E-state index contributed by atoms with van der Waals surface area (Å²) >= 11 is 0.972. The van der Waals surface area contributed by atoms with Gasteiger partial charge in [0.1, 0.15) is 17.3 Å². The van der Waals surface area contributed by atoms with Gasteiger partial charge in [0.2, 0.25) is 0 Å². The maximum absolute atomic E-state index is 14.9. The Balaban J connectivity index is 1.84. The highest BCUT2D eigenvalue weighted by Crippen LogP contribution is 2.36. The number of carbonyl (C=O) groups is 1. The number of methoxy groups -OCH3 is 1. The fourth-order valence-corrected chi connectivity index (χ4v) is 4.42. The van der Waals surface area contributed by atoms with E-state index in [2.05, 4.69) is 9.11 Å². The highest BCUT2D eigenvalue weighted by Gasteiger charge is 2.35. The highest BCUT2D eigenvalue weighted by molar-refractivity contribution is 7.13. The van der Waals surface area contributed by atoms with Gasteiger partial charge in [0.05, 0.1) is 23.2 Å². The van der Waals surface area contributed by atoms with Gasteiger partial charge in [-0.2, -0.15) is 17.5 Å². The van der Waals surface area contributed by atoms with Crippen molar-refractivity contribution in [3.05, 3.63) is 74.3 Å². The van der Waals surface area contributed by atoms with Crippen LogP contribution in [-0.4, -0.2) is 33.2 Å². The van der Waals surface area contributed by atoms with Crippen molar-refractivity contribution in [3.63, 3.8) is 0 Å². The summed E-state index contributed by atoms with van der Waals surface area (Å²) in [7, 11) is 2.08. The summed E-state index contributed by atoms with van der Waals surface area (Å²) in [6, 6.07) is 7.44. The standard InChI is InChI=1S/C23H17F4N3O5S/c1-11-6-12(35-10-20(32)34-3)4-5-13(11)21-14-7-16(15(24)8-17(14)36-28-21)30-19(31)9-18(23(25,26)27)29(2)22(30)33/h4-9H,10H2,1-3H3. The molecule has 0 aliphatic heterocycles. The molecule has 0 saturated carbocycles. The maximum Gasteiger partial charge on any atom is 0.431 e. The van der Waals surface area contributed by atoms with Crippen LogP contribution in [0, 0.1) is 12.7 Å². The van der Waals surface area contributed by atoms with E-state index in [1.54, 1.807) is 25.1 Å². The molecule has 4 aromatic rings. The molecular weight excluding hydrogens is 506 g/mol. The summed E-state index contributed by atoms with van der Waals surface area (Å²) < 4.78 is 69.7. The minimum atomic E-state index is -4.94. The van der Waals surface area contributed by atoms with E-state index in [4.69, 9.17) is 4.74 Å². The first-order valence-corrected chi connectivity index (χ1v) is 11.0. The highest BCUT2D eigenvalue weighted by atomic mass is 32.1. The van der Waals surface area contributed by atoms with E-state index >= 15 is 0 Å². The van der Waals surface area contributed by atoms with Crippen LogP contribution in [0.5, 0.6) is 5.75 Å². The Hall–Kier alpha value is -4.00. The number of carbonyl (C=O) groups excluding carboxylic acids is 1. The maximum atomic E-state index is 14.9. The van der Waals surface area contributed by atoms with Crippen molar-refractivity contribution in [2.75, 3.05) is 13.7 Å². The number of aromatic nitrogens is 3. The number of halogens is 4. The Bertz CT molecular complexity index is 1620. The molecule has 0 aliphatic carbocycles. The molecule has 4 rings (SSSR count). The van der Waals surface area contributed by atoms with E-state index in [9.17, 15) is 31.9 Å². The molecule has 8 nitrogen and oxygen atoms in total. The number of alkyl halides is 3. The Labute approximate surface area is 204 Å². The van der Waals surface area contributed by atoms with E-state index < -0.39 is 40.6 Å². The van der Waals surface area contributed by atoms with Gasteiger partial charge in [0.25, 0.3) is 5.56 Å². The lowest BCUT2D eigenvalue weighted by Gasteiger charge is -2.14. The number of aryl methyl sites for hydroxylation is 1. The van der Waals surface area contributed by atoms with Gasteiger partial charge in [-0.15, -0.1) is 0 Å². The quantitative estimate of drug-likeness (QED) is 0.292. The molecule has 13 heteroatoms. The second kappa shape index (κ2) is 9.22. The third-order valence-corrected chi connectivity index (χ3v) is 6.24. The Morgan fingerprint density at radius 2 is 1.86 bits per heavy atom. The zero-order valence-electron chi connectivity index (χ0n) is 19.0. The van der Waals surface area contributed by atoms with E-state index in [1.165, 1.54) is 13.2 Å². The molecule has 0 atom stereocenters. The van der Waals surface area contributed by atoms with Crippen LogP contribution in [0.25, 0.3) is 27.0 Å². The largest absolute Gasteiger partial charge is 0.482 e. The molecule has 0 aliphatic rings. The number of esters is 1. The summed E-state index contributed by atoms with van der Waals surface area (Å²) in [5.74, 6) is -1.13. The Morgan fingerprint density at radius 3 is 2.50 bits per heavy atom. The molecule has 0 bridgehead atoms. The molecule has 0 radical (unpaired) electrons. The lowest BCUT2D eigenvalue weighted by atomic mass is 10.0. The Morgan fingerprint density at radius 1 is 1.14 bits per heavy atom. The number of fused-ring (bicyclic) bond motifs is 1. The fraction of sp³-hybridized carbons (Fsp3) is 0.217. The average Bonchev–Trinajstić information content (AvgIpc) is 3.21. The molecule has 0 N–H and O–H groups in total. The molecular formula is C23H17F4N3O5S. The van der Waals surface area contributed by atoms with E-state index in [0.29, 0.717) is 37.2 Å². The zero-order chi connectivity index (χ0) is 26.4. The molecule has 0 amide bonds. The first-order valence-electron chi connectivity index (χ1n) is 10.2. The summed E-state index contributed by atoms with van der Waals surface area (Å²) in [5, 5.41) is 0.386. The predicted molar refractivity (Wildman–Crippen MR) is 123 cm³/mol. The molecule has 2 aromatic carbocycles. The van der Waals surface area contributed by atoms with Crippen LogP contribution in [0.2, 0.25) is 0 Å². The third-order valence-electron chi connectivity index (χ3n) is 5.43. The number of hydrogen-bond donors (Lipinski definition) is 0. The van der Waals surface area contributed by atoms with E-state index in [1.807, 2.05) is 0 Å². The normalized spacial score (nSPS) is 11.6. The third kappa shape index (κ3) is 4.49. The van der Waals surface area contributed by atoms with Crippen molar-refractivity contribution in [1.82, 2.24) is 13.5 Å². The second-order valence-corrected chi connectivity index (χ2v) is 8.52. The minimum absolute atomic E-state index is 0.245. The number of nitrogens with zero attached hydrogens (tertiary/aromatic N) is 3. The van der Waals surface area contributed by atoms with Gasteiger partial charge in [0.15, 0.2) is 6.61 Å². The monoisotopic (exact) mass is 523 g/mol. The van der Waals surface area contributed by atoms with Crippen LogP contribution in [-0.2, 0) is 22.8 Å². The molecule has 2 heterocycles. The fourth-order valence-electron chi connectivity index (χ4n) is 3.63. The van der Waals surface area contributed by atoms with Crippen molar-refractivity contribution in [2.45, 2.75) is 13.1 Å². The molecule has 36 heavy (non-hydrogen) atoms. The van der Waals surface area contributed by atoms with Crippen LogP contribution in [0.4, 0.5) is 17.6 Å². The van der Waals surface area contributed by atoms with Crippen LogP contribution < -0.4 is 16.0 Å². The average molecular weight is 523 g/mol. The van der Waals surface area contributed by atoms with Gasteiger partial charge in [-0.05, 0) is 54.4 Å². The van der Waals surface area contributed by atoms with Crippen molar-refractivity contribution >= 4 is 27.6 Å². The van der Waals surface area contributed by atoms with Crippen LogP contribution >= 0.6 is 11.5 Å². The summed E-state index contributed by atoms with van der Waals surface area (Å²) in [5.41, 5.74) is -2.89. The molecule has 0 saturated heterocycles. The van der Waals surface area contributed by atoms with Crippen LogP contribution in [0.15, 0.2) is 46.0 Å². The van der Waals surface area contributed by atoms with Gasteiger partial charge in [-0.1, -0.05) is 0 Å². The topological polar surface area (TPSA) is 92.4 Å². The minimum Gasteiger partial charge on any atom is -0.482 e. The van der Waals surface area contributed by atoms with Crippen molar-refractivity contribution in [3.8, 4) is 22.7 Å². The first-order chi connectivity index (χ1) is 16.9. The lowest BCUT2D eigenvalue weighted by Crippen LogP contribution is -2.41. The summed E-state index contributed by atoms with van der Waals surface area (Å²) in [6.07, 6.45) is -4.94. The van der Waals surface area contributed by atoms with Crippen LogP contribution in [0.1, 0.15) is 11.3 Å². The molecule has 2 aromatic heterocycles. The van der Waals surface area contributed by atoms with Gasteiger partial charge < -0.3 is 9.47 Å². The van der Waals surface area contributed by atoms with Crippen LogP contribution in [0.3, 0.4) is 0 Å². The van der Waals surface area contributed by atoms with Gasteiger partial charge in [0, 0.05) is 24.1 Å². The zero-order valence-corrected chi connectivity index (χ0v) is 19.8. The van der Waals surface area contributed by atoms with E-state index in [-0.39, 0.29) is 17.2 Å². The van der Waals surface area contributed by atoms with Crippen molar-refractivity contribution in [2.24, 2.45) is 7.05 Å². The summed E-state index contributed by atoms with van der Waals surface area (Å²) in [4.78, 5) is 36.4. The predicted octanol–water partition coefficient (Wildman–Crippen LogP) is 3.83. The van der Waals surface area contributed by atoms with Gasteiger partial charge in [-0.3, -0.25) is 9.36 Å². The summed E-state index contributed by atoms with van der Waals surface area (Å²) in [6.45, 7) is 1.47. The number of hydrogen-bond acceptors (Lipinski definition) is 7. The van der Waals surface area contributed by atoms with Crippen molar-refractivity contribution < 1.29 is 31.8 Å².